The first-order valence-corrected chi connectivity index (χ1v) is 8.33. The molecule has 2 aromatic rings. The lowest BCUT2D eigenvalue weighted by Crippen LogP contribution is -2.38. The molecule has 0 aliphatic heterocycles. The van der Waals surface area contributed by atoms with Gasteiger partial charge in [0, 0.05) is 38.5 Å². The van der Waals surface area contributed by atoms with Gasteiger partial charge in [-0.25, -0.2) is 0 Å². The Morgan fingerprint density at radius 2 is 1.88 bits per heavy atom. The van der Waals surface area contributed by atoms with Crippen molar-refractivity contribution in [3.63, 3.8) is 0 Å². The molecule has 1 heterocycles. The van der Waals surface area contributed by atoms with Gasteiger partial charge in [0.05, 0.1) is 6.54 Å². The molecule has 0 aliphatic carbocycles. The van der Waals surface area contributed by atoms with Gasteiger partial charge in [-0.2, -0.15) is 0 Å². The molecule has 0 bridgehead atoms. The molecule has 0 amide bonds. The van der Waals surface area contributed by atoms with Gasteiger partial charge < -0.3 is 15.4 Å². The molecule has 136 valence electrons. The summed E-state index contributed by atoms with van der Waals surface area (Å²) in [6.07, 6.45) is 2.63. The van der Waals surface area contributed by atoms with E-state index in [1.807, 2.05) is 42.6 Å². The molecule has 1 atom stereocenters. The second kappa shape index (κ2) is 12.7. The van der Waals surface area contributed by atoms with E-state index in [-0.39, 0.29) is 30.1 Å². The number of hydrogen-bond acceptors (Lipinski definition) is 3. The van der Waals surface area contributed by atoms with E-state index >= 15 is 0 Å². The van der Waals surface area contributed by atoms with Crippen molar-refractivity contribution in [1.29, 1.82) is 0 Å². The Bertz CT molecular complexity index is 607. The number of halogens is 1. The van der Waals surface area contributed by atoms with Crippen molar-refractivity contribution in [3.05, 3.63) is 66.0 Å². The minimum atomic E-state index is -0.0440. The van der Waals surface area contributed by atoms with Gasteiger partial charge in [-0.05, 0) is 24.6 Å². The molecule has 0 fully saturated rings. The number of nitrogens with zero attached hydrogens (tertiary/aromatic N) is 2. The predicted molar refractivity (Wildman–Crippen MR) is 114 cm³/mol. The van der Waals surface area contributed by atoms with E-state index < -0.39 is 0 Å². The average Bonchev–Trinajstić information content (AvgIpc) is 2.64. The Morgan fingerprint density at radius 1 is 1.12 bits per heavy atom. The number of benzene rings is 1. The molecule has 0 radical (unpaired) electrons. The second-order valence-corrected chi connectivity index (χ2v) is 5.35. The van der Waals surface area contributed by atoms with Gasteiger partial charge in [0.15, 0.2) is 5.96 Å². The Morgan fingerprint density at radius 3 is 2.52 bits per heavy atom. The van der Waals surface area contributed by atoms with E-state index in [0.29, 0.717) is 6.54 Å². The molecule has 0 saturated heterocycles. The number of rotatable bonds is 8. The zero-order chi connectivity index (χ0) is 17.0. The van der Waals surface area contributed by atoms with Gasteiger partial charge in [-0.1, -0.05) is 36.4 Å². The van der Waals surface area contributed by atoms with E-state index in [2.05, 4.69) is 39.7 Å². The summed E-state index contributed by atoms with van der Waals surface area (Å²) in [6, 6.07) is 16.1. The molecule has 1 aromatic heterocycles. The van der Waals surface area contributed by atoms with Gasteiger partial charge in [0.25, 0.3) is 0 Å². The van der Waals surface area contributed by atoms with Crippen LogP contribution in [-0.4, -0.2) is 37.7 Å². The first kappa shape index (κ1) is 21.4. The monoisotopic (exact) mass is 454 g/mol. The lowest BCUT2D eigenvalue weighted by atomic mass is 10.1. The Kier molecular flexibility index (Phi) is 10.8. The van der Waals surface area contributed by atoms with Gasteiger partial charge in [0.1, 0.15) is 6.10 Å². The van der Waals surface area contributed by atoms with Crippen LogP contribution in [-0.2, 0) is 11.2 Å². The standard InChI is InChI=1S/C19H26N4O.HI/c1-3-20-19(22-14-12-17-11-7-8-13-21-17)23-15-18(24-2)16-9-5-4-6-10-16;/h4-11,13,18H,3,12,14-15H2,1-2H3,(H2,20,22,23);1H. The zero-order valence-electron chi connectivity index (χ0n) is 14.8. The highest BCUT2D eigenvalue weighted by Crippen LogP contribution is 2.16. The van der Waals surface area contributed by atoms with Crippen LogP contribution >= 0.6 is 24.0 Å². The van der Waals surface area contributed by atoms with E-state index in [1.165, 1.54) is 0 Å². The van der Waals surface area contributed by atoms with Crippen LogP contribution in [0.2, 0.25) is 0 Å². The first-order valence-electron chi connectivity index (χ1n) is 8.33. The van der Waals surface area contributed by atoms with Crippen LogP contribution in [0.25, 0.3) is 0 Å². The minimum absolute atomic E-state index is 0. The Hall–Kier alpha value is -1.67. The van der Waals surface area contributed by atoms with Gasteiger partial charge in [-0.15, -0.1) is 24.0 Å². The highest BCUT2D eigenvalue weighted by Gasteiger charge is 2.09. The van der Waals surface area contributed by atoms with Crippen LogP contribution in [0.15, 0.2) is 59.7 Å². The fourth-order valence-corrected chi connectivity index (χ4v) is 2.35. The fraction of sp³-hybridized carbons (Fsp3) is 0.368. The number of hydrogen-bond donors (Lipinski definition) is 2. The normalized spacial score (nSPS) is 12.2. The largest absolute Gasteiger partial charge is 0.375 e. The smallest absolute Gasteiger partial charge is 0.191 e. The number of methoxy groups -OCH3 is 1. The Labute approximate surface area is 167 Å². The topological polar surface area (TPSA) is 58.5 Å². The summed E-state index contributed by atoms with van der Waals surface area (Å²) in [5, 5.41) is 6.61. The molecule has 5 nitrogen and oxygen atoms in total. The maximum absolute atomic E-state index is 5.57. The van der Waals surface area contributed by atoms with Gasteiger partial charge in [0.2, 0.25) is 0 Å². The summed E-state index contributed by atoms with van der Waals surface area (Å²) in [5.41, 5.74) is 2.20. The highest BCUT2D eigenvalue weighted by molar-refractivity contribution is 14.0. The predicted octanol–water partition coefficient (Wildman–Crippen LogP) is 3.18. The number of guanidine groups is 1. The summed E-state index contributed by atoms with van der Waals surface area (Å²) in [5.74, 6) is 0.798. The molecule has 1 unspecified atom stereocenters. The lowest BCUT2D eigenvalue weighted by Gasteiger charge is -2.16. The number of pyridine rings is 1. The maximum Gasteiger partial charge on any atom is 0.191 e. The average molecular weight is 454 g/mol. The van der Waals surface area contributed by atoms with Crippen LogP contribution in [0, 0.1) is 0 Å². The summed E-state index contributed by atoms with van der Waals surface area (Å²) >= 11 is 0. The van der Waals surface area contributed by atoms with Crippen molar-refractivity contribution >= 4 is 29.9 Å². The molecular formula is C19H27IN4O. The van der Waals surface area contributed by atoms with Crippen LogP contribution in [0.4, 0.5) is 0 Å². The van der Waals surface area contributed by atoms with Gasteiger partial charge >= 0.3 is 0 Å². The van der Waals surface area contributed by atoms with E-state index in [1.54, 1.807) is 7.11 Å². The van der Waals surface area contributed by atoms with Crippen LogP contribution in [0.1, 0.15) is 24.3 Å². The van der Waals surface area contributed by atoms with Crippen molar-refractivity contribution in [2.24, 2.45) is 4.99 Å². The summed E-state index contributed by atoms with van der Waals surface area (Å²) in [4.78, 5) is 8.97. The van der Waals surface area contributed by atoms with Crippen molar-refractivity contribution < 1.29 is 4.74 Å². The third kappa shape index (κ3) is 7.83. The zero-order valence-corrected chi connectivity index (χ0v) is 17.1. The van der Waals surface area contributed by atoms with Crippen molar-refractivity contribution in [2.75, 3.05) is 26.7 Å². The molecule has 0 saturated carbocycles. The minimum Gasteiger partial charge on any atom is -0.375 e. The molecule has 2 N–H and O–H groups in total. The van der Waals surface area contributed by atoms with E-state index in [4.69, 9.17) is 4.74 Å². The van der Waals surface area contributed by atoms with Crippen molar-refractivity contribution in [3.8, 4) is 0 Å². The van der Waals surface area contributed by atoms with Crippen LogP contribution in [0.3, 0.4) is 0 Å². The third-order valence-electron chi connectivity index (χ3n) is 3.62. The molecule has 0 aliphatic rings. The number of aliphatic imine (C=N–C) groups is 1. The van der Waals surface area contributed by atoms with Crippen molar-refractivity contribution in [1.82, 2.24) is 15.6 Å². The SMILES string of the molecule is CCNC(=NCC(OC)c1ccccc1)NCCc1ccccn1.I. The van der Waals surface area contributed by atoms with E-state index in [0.717, 1.165) is 36.7 Å². The summed E-state index contributed by atoms with van der Waals surface area (Å²) in [6.45, 7) is 4.23. The second-order valence-electron chi connectivity index (χ2n) is 5.35. The summed E-state index contributed by atoms with van der Waals surface area (Å²) in [7, 11) is 1.72. The molecule has 2 rings (SSSR count). The Balaban J connectivity index is 0.00000312. The number of nitrogens with one attached hydrogen (secondary N) is 2. The van der Waals surface area contributed by atoms with Gasteiger partial charge in [-0.3, -0.25) is 9.98 Å². The molecule has 0 spiro atoms. The van der Waals surface area contributed by atoms with Crippen molar-refractivity contribution in [2.45, 2.75) is 19.4 Å². The number of aromatic nitrogens is 1. The van der Waals surface area contributed by atoms with Crippen LogP contribution < -0.4 is 10.6 Å². The fourth-order valence-electron chi connectivity index (χ4n) is 2.35. The lowest BCUT2D eigenvalue weighted by molar-refractivity contribution is 0.111. The maximum atomic E-state index is 5.57. The molecule has 6 heteroatoms. The first-order chi connectivity index (χ1) is 11.8. The summed E-state index contributed by atoms with van der Waals surface area (Å²) < 4.78 is 5.57. The number of ether oxygens (including phenoxy) is 1. The highest BCUT2D eigenvalue weighted by atomic mass is 127. The molecule has 1 aromatic carbocycles. The third-order valence-corrected chi connectivity index (χ3v) is 3.62. The molecular weight excluding hydrogens is 427 g/mol. The molecule has 25 heavy (non-hydrogen) atoms. The van der Waals surface area contributed by atoms with E-state index in [9.17, 15) is 0 Å². The quantitative estimate of drug-likeness (QED) is 0.366. The van der Waals surface area contributed by atoms with Crippen LogP contribution in [0.5, 0.6) is 0 Å².